The Morgan fingerprint density at radius 1 is 0.493 bits per heavy atom. The monoisotopic (exact) mass is 1080 g/mol. The molecule has 0 amide bonds. The van der Waals surface area contributed by atoms with E-state index in [4.69, 9.17) is 9.72 Å². The Balaban J connectivity index is 0.00000593. The SMILES string of the molecule is CC(C)(C)c1ccnc(-n2c3[c-]c(Oc4[c-]c(-n5[c-][n+](-c6cc(C(C)(C)c7ccccc7)cc(C(C)(C)c7ccccc7)c6)cc5)ccc4)ccc3c3ccc(C(C)(C)c4ccccc4)cc32)c1.[Pt]. The summed E-state index contributed by atoms with van der Waals surface area (Å²) in [5, 5.41) is 2.21. The quantitative estimate of drug-likeness (QED) is 0.0956. The molecule has 0 N–H and O–H groups in total. The summed E-state index contributed by atoms with van der Waals surface area (Å²) in [4.78, 5) is 4.98. The van der Waals surface area contributed by atoms with Crippen LogP contribution in [0.5, 0.6) is 11.5 Å². The van der Waals surface area contributed by atoms with Gasteiger partial charge >= 0.3 is 0 Å². The first kappa shape index (κ1) is 47.3. The third-order valence-electron chi connectivity index (χ3n) is 14.2. The van der Waals surface area contributed by atoms with Crippen molar-refractivity contribution < 1.29 is 30.4 Å². The molecule has 0 unspecified atom stereocenters. The van der Waals surface area contributed by atoms with Crippen LogP contribution in [0.15, 0.2) is 188 Å². The van der Waals surface area contributed by atoms with Crippen molar-refractivity contribution in [3.05, 3.63) is 246 Å². The van der Waals surface area contributed by atoms with Crippen molar-refractivity contribution in [2.75, 3.05) is 0 Å². The molecule has 3 aromatic heterocycles. The Labute approximate surface area is 422 Å². The summed E-state index contributed by atoms with van der Waals surface area (Å²) in [6.45, 7) is 20.5. The van der Waals surface area contributed by atoms with Crippen LogP contribution in [0.4, 0.5) is 0 Å². The maximum absolute atomic E-state index is 6.65. The van der Waals surface area contributed by atoms with Crippen LogP contribution in [-0.4, -0.2) is 14.1 Å². The zero-order valence-corrected chi connectivity index (χ0v) is 43.2. The molecule has 6 heteroatoms. The number of hydrogen-bond donors (Lipinski definition) is 0. The molecule has 5 nitrogen and oxygen atoms in total. The Morgan fingerprint density at radius 3 is 1.65 bits per heavy atom. The Bertz CT molecular complexity index is 3360. The topological polar surface area (TPSA) is 35.9 Å². The first-order valence-corrected chi connectivity index (χ1v) is 23.6. The molecule has 0 aliphatic carbocycles. The van der Waals surface area contributed by atoms with Gasteiger partial charge in [0.05, 0.1) is 5.69 Å². The minimum Gasteiger partial charge on any atom is -0.510 e. The van der Waals surface area contributed by atoms with Crippen LogP contribution in [0, 0.1) is 18.5 Å². The molecule has 0 aliphatic rings. The summed E-state index contributed by atoms with van der Waals surface area (Å²) >= 11 is 0. The second-order valence-electron chi connectivity index (χ2n) is 20.7. The summed E-state index contributed by atoms with van der Waals surface area (Å²) in [5.41, 5.74) is 11.7. The summed E-state index contributed by atoms with van der Waals surface area (Å²) < 4.78 is 12.9. The first-order valence-electron chi connectivity index (χ1n) is 23.6. The van der Waals surface area contributed by atoms with Gasteiger partial charge in [0.1, 0.15) is 5.82 Å². The van der Waals surface area contributed by atoms with Crippen molar-refractivity contribution in [1.29, 1.82) is 0 Å². The van der Waals surface area contributed by atoms with Crippen LogP contribution in [0.1, 0.15) is 101 Å². The molecule has 10 aromatic rings. The van der Waals surface area contributed by atoms with Crippen LogP contribution < -0.4 is 9.30 Å². The van der Waals surface area contributed by atoms with Gasteiger partial charge in [0.2, 0.25) is 0 Å². The van der Waals surface area contributed by atoms with E-state index in [1.165, 1.54) is 38.9 Å². The second-order valence-corrected chi connectivity index (χ2v) is 20.7. The molecule has 69 heavy (non-hydrogen) atoms. The summed E-state index contributed by atoms with van der Waals surface area (Å²) in [5.74, 6) is 2.01. The van der Waals surface area contributed by atoms with Crippen LogP contribution in [0.25, 0.3) is 39.0 Å². The van der Waals surface area contributed by atoms with Gasteiger partial charge in [0, 0.05) is 72.9 Å². The van der Waals surface area contributed by atoms with E-state index >= 15 is 0 Å². The molecule has 0 aliphatic heterocycles. The molecule has 0 saturated carbocycles. The number of aromatic nitrogens is 4. The van der Waals surface area contributed by atoms with Gasteiger partial charge < -0.3 is 13.9 Å². The molecule has 0 atom stereocenters. The predicted molar refractivity (Wildman–Crippen MR) is 277 cm³/mol. The fourth-order valence-corrected chi connectivity index (χ4v) is 9.50. The molecule has 0 fully saturated rings. The predicted octanol–water partition coefficient (Wildman–Crippen LogP) is 14.7. The van der Waals surface area contributed by atoms with E-state index in [9.17, 15) is 0 Å². The fourth-order valence-electron chi connectivity index (χ4n) is 9.50. The van der Waals surface area contributed by atoms with Gasteiger partial charge in [0.15, 0.2) is 0 Å². The maximum atomic E-state index is 6.65. The third-order valence-corrected chi connectivity index (χ3v) is 14.2. The van der Waals surface area contributed by atoms with Crippen LogP contribution in [0.2, 0.25) is 0 Å². The van der Waals surface area contributed by atoms with Gasteiger partial charge in [-0.1, -0.05) is 177 Å². The smallest absolute Gasteiger partial charge is 0.267 e. The maximum Gasteiger partial charge on any atom is 0.267 e. The third kappa shape index (κ3) is 9.02. The number of ether oxygens (including phenoxy) is 1. The molecule has 348 valence electrons. The minimum atomic E-state index is -0.245. The van der Waals surface area contributed by atoms with E-state index < -0.39 is 0 Å². The van der Waals surface area contributed by atoms with E-state index in [1.807, 2.05) is 41.2 Å². The van der Waals surface area contributed by atoms with Crippen molar-refractivity contribution in [2.24, 2.45) is 0 Å². The van der Waals surface area contributed by atoms with E-state index in [-0.39, 0.29) is 42.7 Å². The molecule has 0 saturated heterocycles. The van der Waals surface area contributed by atoms with Crippen LogP contribution >= 0.6 is 0 Å². The number of nitrogens with zero attached hydrogens (tertiary/aromatic N) is 4. The van der Waals surface area contributed by atoms with Crippen molar-refractivity contribution in [3.8, 4) is 28.7 Å². The average Bonchev–Trinajstić information content (AvgIpc) is 3.98. The zero-order chi connectivity index (χ0) is 47.4. The standard InChI is InChI=1S/C63H58N4O.Pt/c1-60(2,3)47-32-33-64-59(40-47)67-57-39-48(61(4,5)44-20-13-10-14-21-44)28-30-55(57)56-31-29-54(42-58(56)67)68-53-27-19-26-51(41-53)65-34-35-66(43-65)52-37-49(62(6,7)45-22-15-11-16-23-45)36-50(38-52)63(8,9)46-24-17-12-18-25-46;/h10-40H,1-9H3;/q-2;. The molecule has 7 aromatic carbocycles. The number of benzene rings is 7. The van der Waals surface area contributed by atoms with Crippen molar-refractivity contribution in [2.45, 2.75) is 84.0 Å². The van der Waals surface area contributed by atoms with Crippen molar-refractivity contribution in [3.63, 3.8) is 0 Å². The summed E-state index contributed by atoms with van der Waals surface area (Å²) in [6, 6.07) is 67.7. The van der Waals surface area contributed by atoms with Gasteiger partial charge in [-0.3, -0.25) is 4.57 Å². The molecule has 3 heterocycles. The van der Waals surface area contributed by atoms with Gasteiger partial charge in [-0.15, -0.1) is 29.7 Å². The first-order chi connectivity index (χ1) is 32.6. The van der Waals surface area contributed by atoms with Gasteiger partial charge in [0.25, 0.3) is 6.33 Å². The normalized spacial score (nSPS) is 12.3. The summed E-state index contributed by atoms with van der Waals surface area (Å²) in [7, 11) is 0. The van der Waals surface area contributed by atoms with Crippen molar-refractivity contribution >= 4 is 21.8 Å². The minimum absolute atomic E-state index is 0. The largest absolute Gasteiger partial charge is 0.510 e. The van der Waals surface area contributed by atoms with Gasteiger partial charge in [-0.2, -0.15) is 18.2 Å². The number of rotatable bonds is 11. The molecule has 0 bridgehead atoms. The van der Waals surface area contributed by atoms with E-state index in [2.05, 4.69) is 242 Å². The molecule has 10 rings (SSSR count). The fraction of sp³-hybridized carbons (Fsp3) is 0.206. The average molecular weight is 1080 g/mol. The molecular formula is C63H58N4OPt-2. The number of fused-ring (bicyclic) bond motifs is 3. The Morgan fingerprint density at radius 2 is 1.06 bits per heavy atom. The Hall–Kier alpha value is -6.81. The van der Waals surface area contributed by atoms with E-state index in [0.717, 1.165) is 39.0 Å². The number of pyridine rings is 1. The molecule has 0 spiro atoms. The van der Waals surface area contributed by atoms with Crippen LogP contribution in [-0.2, 0) is 42.7 Å². The second kappa shape index (κ2) is 18.3. The van der Waals surface area contributed by atoms with Gasteiger partial charge in [-0.05, 0) is 85.8 Å². The summed E-state index contributed by atoms with van der Waals surface area (Å²) in [6.07, 6.45) is 9.61. The number of hydrogen-bond acceptors (Lipinski definition) is 2. The Kier molecular flexibility index (Phi) is 12.5. The zero-order valence-electron chi connectivity index (χ0n) is 40.9. The van der Waals surface area contributed by atoms with Crippen LogP contribution in [0.3, 0.4) is 0 Å². The van der Waals surface area contributed by atoms with E-state index in [1.54, 1.807) is 0 Å². The molecule has 0 radical (unpaired) electrons. The van der Waals surface area contributed by atoms with Crippen molar-refractivity contribution in [1.82, 2.24) is 14.1 Å². The molecular weight excluding hydrogens is 1020 g/mol. The number of imidazole rings is 1. The van der Waals surface area contributed by atoms with Gasteiger partial charge in [-0.25, -0.2) is 4.98 Å². The van der Waals surface area contributed by atoms with E-state index in [0.29, 0.717) is 11.5 Å².